The number of rotatable bonds is 8. The highest BCUT2D eigenvalue weighted by Crippen LogP contribution is 2.29. The zero-order valence-corrected chi connectivity index (χ0v) is 19.4. The molecule has 4 rings (SSSR count). The molecule has 7 nitrogen and oxygen atoms in total. The average molecular weight is 449 g/mol. The summed E-state index contributed by atoms with van der Waals surface area (Å²) >= 11 is 0. The third-order valence-electron chi connectivity index (χ3n) is 5.94. The molecule has 0 aliphatic carbocycles. The van der Waals surface area contributed by atoms with Crippen molar-refractivity contribution in [2.24, 2.45) is 0 Å². The first-order valence-corrected chi connectivity index (χ1v) is 11.5. The molecule has 0 atom stereocenters. The number of carbonyl (C=O) groups excluding carboxylic acids is 1. The molecule has 1 aliphatic rings. The Hall–Kier alpha value is -3.32. The van der Waals surface area contributed by atoms with Gasteiger partial charge in [-0.25, -0.2) is 0 Å². The number of ether oxygens (including phenoxy) is 2. The molecule has 3 aromatic rings. The van der Waals surface area contributed by atoms with Crippen molar-refractivity contribution in [1.82, 2.24) is 19.6 Å². The monoisotopic (exact) mass is 448 g/mol. The van der Waals surface area contributed by atoms with Gasteiger partial charge >= 0.3 is 0 Å². The molecule has 1 aliphatic heterocycles. The molecule has 2 aromatic carbocycles. The minimum absolute atomic E-state index is 0.0311. The lowest BCUT2D eigenvalue weighted by Crippen LogP contribution is -2.35. The van der Waals surface area contributed by atoms with E-state index < -0.39 is 0 Å². The zero-order chi connectivity index (χ0) is 23.0. The second-order valence-corrected chi connectivity index (χ2v) is 8.27. The maximum atomic E-state index is 13.2. The molecule has 33 heavy (non-hydrogen) atoms. The van der Waals surface area contributed by atoms with Gasteiger partial charge in [0.1, 0.15) is 6.61 Å². The van der Waals surface area contributed by atoms with E-state index in [1.807, 2.05) is 58.2 Å². The van der Waals surface area contributed by atoms with Crippen molar-refractivity contribution >= 4 is 5.91 Å². The fourth-order valence-electron chi connectivity index (χ4n) is 4.09. The Morgan fingerprint density at radius 3 is 2.61 bits per heavy atom. The number of methoxy groups -OCH3 is 1. The number of nitrogens with zero attached hydrogens (tertiary/aromatic N) is 4. The Bertz CT molecular complexity index is 1050. The van der Waals surface area contributed by atoms with Gasteiger partial charge < -0.3 is 14.4 Å². The highest BCUT2D eigenvalue weighted by molar-refractivity contribution is 5.95. The smallest absolute Gasteiger partial charge is 0.254 e. The Morgan fingerprint density at radius 1 is 1.00 bits per heavy atom. The third-order valence-corrected chi connectivity index (χ3v) is 5.94. The van der Waals surface area contributed by atoms with Crippen LogP contribution in [0.3, 0.4) is 0 Å². The molecule has 1 saturated heterocycles. The first kappa shape index (κ1) is 22.9. The van der Waals surface area contributed by atoms with Crippen molar-refractivity contribution in [2.75, 3.05) is 33.3 Å². The van der Waals surface area contributed by atoms with Crippen molar-refractivity contribution in [3.05, 3.63) is 77.6 Å². The normalized spacial score (nSPS) is 14.7. The SMILES string of the molecule is CCn1cc(CN2CCCN(C(=O)c3ccc(OCc4ccccc4)c(OC)c3)CC2)cn1. The molecule has 0 spiro atoms. The van der Waals surface area contributed by atoms with Crippen molar-refractivity contribution in [1.29, 1.82) is 0 Å². The average Bonchev–Trinajstić information content (AvgIpc) is 3.19. The van der Waals surface area contributed by atoms with Gasteiger partial charge in [0.05, 0.1) is 13.3 Å². The van der Waals surface area contributed by atoms with Crippen molar-refractivity contribution in [3.63, 3.8) is 0 Å². The molecule has 0 unspecified atom stereocenters. The second kappa shape index (κ2) is 11.0. The van der Waals surface area contributed by atoms with Crippen molar-refractivity contribution < 1.29 is 14.3 Å². The van der Waals surface area contributed by atoms with Crippen LogP contribution in [0.1, 0.15) is 34.8 Å². The second-order valence-electron chi connectivity index (χ2n) is 8.27. The Balaban J connectivity index is 1.36. The van der Waals surface area contributed by atoms with E-state index in [0.717, 1.165) is 44.7 Å². The predicted molar refractivity (Wildman–Crippen MR) is 127 cm³/mol. The van der Waals surface area contributed by atoms with Gasteiger partial charge in [-0.05, 0) is 37.1 Å². The summed E-state index contributed by atoms with van der Waals surface area (Å²) in [6.07, 6.45) is 4.98. The number of carbonyl (C=O) groups is 1. The molecule has 174 valence electrons. The van der Waals surface area contributed by atoms with Crippen LogP contribution < -0.4 is 9.47 Å². The van der Waals surface area contributed by atoms with Crippen LogP contribution in [0.25, 0.3) is 0 Å². The van der Waals surface area contributed by atoms with E-state index in [1.54, 1.807) is 13.2 Å². The fraction of sp³-hybridized carbons (Fsp3) is 0.385. The first-order chi connectivity index (χ1) is 16.2. The number of benzene rings is 2. The van der Waals surface area contributed by atoms with E-state index in [0.29, 0.717) is 30.2 Å². The zero-order valence-electron chi connectivity index (χ0n) is 19.4. The van der Waals surface area contributed by atoms with Crippen molar-refractivity contribution in [3.8, 4) is 11.5 Å². The largest absolute Gasteiger partial charge is 0.493 e. The van der Waals surface area contributed by atoms with E-state index in [1.165, 1.54) is 5.56 Å². The van der Waals surface area contributed by atoms with Crippen LogP contribution in [0.2, 0.25) is 0 Å². The van der Waals surface area contributed by atoms with Crippen LogP contribution in [0.15, 0.2) is 60.9 Å². The molecule has 2 heterocycles. The van der Waals surface area contributed by atoms with Gasteiger partial charge in [0.15, 0.2) is 11.5 Å². The van der Waals surface area contributed by atoms with Gasteiger partial charge in [-0.1, -0.05) is 30.3 Å². The first-order valence-electron chi connectivity index (χ1n) is 11.5. The highest BCUT2D eigenvalue weighted by atomic mass is 16.5. The summed E-state index contributed by atoms with van der Waals surface area (Å²) in [7, 11) is 1.60. The Labute approximate surface area is 195 Å². The summed E-state index contributed by atoms with van der Waals surface area (Å²) in [5.41, 5.74) is 2.92. The maximum absolute atomic E-state index is 13.2. The Kier molecular flexibility index (Phi) is 7.62. The topological polar surface area (TPSA) is 59.8 Å². The molecular formula is C26H32N4O3. The highest BCUT2D eigenvalue weighted by Gasteiger charge is 2.22. The summed E-state index contributed by atoms with van der Waals surface area (Å²) in [6, 6.07) is 15.4. The summed E-state index contributed by atoms with van der Waals surface area (Å²) in [5.74, 6) is 1.23. The quantitative estimate of drug-likeness (QED) is 0.524. The summed E-state index contributed by atoms with van der Waals surface area (Å²) in [5, 5.41) is 4.36. The lowest BCUT2D eigenvalue weighted by Gasteiger charge is -2.22. The molecule has 7 heteroatoms. The minimum atomic E-state index is 0.0311. The van der Waals surface area contributed by atoms with Crippen LogP contribution in [-0.4, -0.2) is 58.8 Å². The van der Waals surface area contributed by atoms with Crippen LogP contribution in [0, 0.1) is 0 Å². The lowest BCUT2D eigenvalue weighted by molar-refractivity contribution is 0.0760. The molecule has 1 aromatic heterocycles. The van der Waals surface area contributed by atoms with Gasteiger partial charge in [0.2, 0.25) is 0 Å². The van der Waals surface area contributed by atoms with E-state index in [-0.39, 0.29) is 5.91 Å². The summed E-state index contributed by atoms with van der Waals surface area (Å²) in [6.45, 7) is 7.54. The van der Waals surface area contributed by atoms with Gasteiger partial charge in [-0.2, -0.15) is 5.10 Å². The fourth-order valence-corrected chi connectivity index (χ4v) is 4.09. The number of hydrogen-bond donors (Lipinski definition) is 0. The van der Waals surface area contributed by atoms with E-state index in [2.05, 4.69) is 23.1 Å². The van der Waals surface area contributed by atoms with Gasteiger partial charge in [-0.3, -0.25) is 14.4 Å². The van der Waals surface area contributed by atoms with Crippen LogP contribution in [0.5, 0.6) is 11.5 Å². The number of aryl methyl sites for hydroxylation is 1. The third kappa shape index (κ3) is 5.93. The van der Waals surface area contributed by atoms with Gasteiger partial charge in [0, 0.05) is 56.6 Å². The molecule has 0 bridgehead atoms. The van der Waals surface area contributed by atoms with Gasteiger partial charge in [0.25, 0.3) is 5.91 Å². The van der Waals surface area contributed by atoms with Crippen LogP contribution >= 0.6 is 0 Å². The van der Waals surface area contributed by atoms with Crippen LogP contribution in [0.4, 0.5) is 0 Å². The minimum Gasteiger partial charge on any atom is -0.493 e. The molecular weight excluding hydrogens is 416 g/mol. The molecule has 0 saturated carbocycles. The van der Waals surface area contributed by atoms with Crippen molar-refractivity contribution in [2.45, 2.75) is 33.0 Å². The number of aromatic nitrogens is 2. The van der Waals surface area contributed by atoms with Gasteiger partial charge in [-0.15, -0.1) is 0 Å². The maximum Gasteiger partial charge on any atom is 0.254 e. The molecule has 0 N–H and O–H groups in total. The van der Waals surface area contributed by atoms with E-state index in [9.17, 15) is 4.79 Å². The predicted octanol–water partition coefficient (Wildman–Crippen LogP) is 3.84. The van der Waals surface area contributed by atoms with Crippen LogP contribution in [-0.2, 0) is 19.7 Å². The molecule has 1 amide bonds. The summed E-state index contributed by atoms with van der Waals surface area (Å²) in [4.78, 5) is 17.5. The number of amides is 1. The Morgan fingerprint density at radius 2 is 1.85 bits per heavy atom. The standard InChI is InChI=1S/C26H32N4O3/c1-3-30-19-22(17-27-30)18-28-12-7-13-29(15-14-28)26(31)23-10-11-24(25(16-23)32-2)33-20-21-8-5-4-6-9-21/h4-6,8-11,16-17,19H,3,7,12-15,18,20H2,1-2H3. The summed E-state index contributed by atoms with van der Waals surface area (Å²) < 4.78 is 13.4. The molecule has 0 radical (unpaired) electrons. The molecule has 1 fully saturated rings. The van der Waals surface area contributed by atoms with E-state index >= 15 is 0 Å². The lowest BCUT2D eigenvalue weighted by atomic mass is 10.1. The van der Waals surface area contributed by atoms with E-state index in [4.69, 9.17) is 9.47 Å². The number of hydrogen-bond acceptors (Lipinski definition) is 5.